The molecule has 0 amide bonds. The predicted octanol–water partition coefficient (Wildman–Crippen LogP) is 3.69. The van der Waals surface area contributed by atoms with Crippen molar-refractivity contribution < 1.29 is 5.11 Å². The summed E-state index contributed by atoms with van der Waals surface area (Å²) in [6.45, 7) is 4.10. The lowest BCUT2D eigenvalue weighted by Crippen LogP contribution is -1.86. The molecule has 1 aromatic carbocycles. The molecule has 70 valence electrons. The number of allylic oxidation sites excluding steroid dienone is 1. The minimum atomic E-state index is 0.403. The zero-order valence-corrected chi connectivity index (χ0v) is 8.25. The van der Waals surface area contributed by atoms with Crippen molar-refractivity contribution in [2.75, 3.05) is 0 Å². The van der Waals surface area contributed by atoms with Gasteiger partial charge in [-0.1, -0.05) is 37.6 Å². The van der Waals surface area contributed by atoms with Gasteiger partial charge in [0.25, 0.3) is 0 Å². The highest BCUT2D eigenvalue weighted by molar-refractivity contribution is 5.61. The van der Waals surface area contributed by atoms with Crippen molar-refractivity contribution in [1.29, 1.82) is 0 Å². The third kappa shape index (κ3) is 2.62. The average molecular weight is 176 g/mol. The van der Waals surface area contributed by atoms with E-state index in [9.17, 15) is 5.11 Å². The van der Waals surface area contributed by atoms with Gasteiger partial charge in [0.1, 0.15) is 5.76 Å². The van der Waals surface area contributed by atoms with E-state index >= 15 is 0 Å². The fourth-order valence-electron chi connectivity index (χ4n) is 1.25. The number of unbranched alkanes of at least 4 members (excludes halogenated alkanes) is 1. The van der Waals surface area contributed by atoms with Gasteiger partial charge in [-0.3, -0.25) is 0 Å². The van der Waals surface area contributed by atoms with Crippen LogP contribution >= 0.6 is 0 Å². The molecule has 1 aromatic rings. The van der Waals surface area contributed by atoms with E-state index in [4.69, 9.17) is 0 Å². The Morgan fingerprint density at radius 1 is 1.38 bits per heavy atom. The van der Waals surface area contributed by atoms with Crippen LogP contribution in [-0.4, -0.2) is 5.11 Å². The second-order valence-corrected chi connectivity index (χ2v) is 3.19. The van der Waals surface area contributed by atoms with Crippen molar-refractivity contribution in [1.82, 2.24) is 0 Å². The smallest absolute Gasteiger partial charge is 0.119 e. The standard InChI is InChI=1S/C12H16O/c1-3-4-9-12(13)11-8-6-5-7-10(11)2/h5-9,13H,3-4H2,1-2H3/b12-9-. The molecule has 0 aliphatic rings. The number of aliphatic hydroxyl groups excluding tert-OH is 1. The first-order valence-corrected chi connectivity index (χ1v) is 4.70. The minimum absolute atomic E-state index is 0.403. The Morgan fingerprint density at radius 2 is 2.08 bits per heavy atom. The maximum Gasteiger partial charge on any atom is 0.119 e. The van der Waals surface area contributed by atoms with E-state index < -0.39 is 0 Å². The Hall–Kier alpha value is -1.24. The van der Waals surface area contributed by atoms with Crippen molar-refractivity contribution in [3.63, 3.8) is 0 Å². The van der Waals surface area contributed by atoms with Gasteiger partial charge in [-0.05, 0) is 25.0 Å². The molecule has 0 unspecified atom stereocenters. The van der Waals surface area contributed by atoms with E-state index in [0.29, 0.717) is 5.76 Å². The molecule has 13 heavy (non-hydrogen) atoms. The van der Waals surface area contributed by atoms with E-state index in [-0.39, 0.29) is 0 Å². The molecule has 1 N–H and O–H groups in total. The summed E-state index contributed by atoms with van der Waals surface area (Å²) in [4.78, 5) is 0. The molecule has 1 heteroatoms. The van der Waals surface area contributed by atoms with Crippen LogP contribution in [-0.2, 0) is 0 Å². The Morgan fingerprint density at radius 3 is 2.69 bits per heavy atom. The largest absolute Gasteiger partial charge is 0.508 e. The maximum atomic E-state index is 9.69. The molecule has 0 saturated carbocycles. The zero-order valence-electron chi connectivity index (χ0n) is 8.25. The van der Waals surface area contributed by atoms with Gasteiger partial charge in [0.2, 0.25) is 0 Å². The molecule has 0 aliphatic carbocycles. The first-order valence-electron chi connectivity index (χ1n) is 4.70. The molecule has 0 fully saturated rings. The average Bonchev–Trinajstić information content (AvgIpc) is 2.15. The van der Waals surface area contributed by atoms with Crippen molar-refractivity contribution in [3.8, 4) is 0 Å². The van der Waals surface area contributed by atoms with Crippen LogP contribution in [0, 0.1) is 6.92 Å². The molecular weight excluding hydrogens is 160 g/mol. The van der Waals surface area contributed by atoms with E-state index in [1.165, 1.54) is 0 Å². The summed E-state index contributed by atoms with van der Waals surface area (Å²) in [5.41, 5.74) is 2.06. The van der Waals surface area contributed by atoms with E-state index in [1.807, 2.05) is 37.3 Å². The van der Waals surface area contributed by atoms with Gasteiger partial charge in [0.05, 0.1) is 0 Å². The number of rotatable bonds is 3. The summed E-state index contributed by atoms with van der Waals surface area (Å²) in [5.74, 6) is 0.403. The molecule has 0 spiro atoms. The third-order valence-electron chi connectivity index (χ3n) is 2.05. The molecule has 0 atom stereocenters. The Bertz CT molecular complexity index is 300. The first-order chi connectivity index (χ1) is 6.25. The summed E-state index contributed by atoms with van der Waals surface area (Å²) in [5, 5.41) is 9.69. The molecule has 0 radical (unpaired) electrons. The van der Waals surface area contributed by atoms with Gasteiger partial charge in [-0.15, -0.1) is 0 Å². The van der Waals surface area contributed by atoms with E-state index in [2.05, 4.69) is 6.92 Å². The number of hydrogen-bond acceptors (Lipinski definition) is 1. The van der Waals surface area contributed by atoms with Gasteiger partial charge < -0.3 is 5.11 Å². The monoisotopic (exact) mass is 176 g/mol. The second-order valence-electron chi connectivity index (χ2n) is 3.19. The molecule has 0 saturated heterocycles. The summed E-state index contributed by atoms with van der Waals surface area (Å²) in [6.07, 6.45) is 3.87. The van der Waals surface area contributed by atoms with Crippen LogP contribution in [0.4, 0.5) is 0 Å². The number of hydrogen-bond donors (Lipinski definition) is 1. The lowest BCUT2D eigenvalue weighted by molar-refractivity contribution is 0.508. The highest BCUT2D eigenvalue weighted by atomic mass is 16.3. The summed E-state index contributed by atoms with van der Waals surface area (Å²) >= 11 is 0. The fraction of sp³-hybridized carbons (Fsp3) is 0.333. The molecule has 0 aromatic heterocycles. The number of aliphatic hydroxyl groups is 1. The van der Waals surface area contributed by atoms with E-state index in [0.717, 1.165) is 24.0 Å². The Balaban J connectivity index is 2.88. The van der Waals surface area contributed by atoms with Crippen molar-refractivity contribution in [2.45, 2.75) is 26.7 Å². The van der Waals surface area contributed by atoms with Gasteiger partial charge in [0, 0.05) is 5.56 Å². The summed E-state index contributed by atoms with van der Waals surface area (Å²) in [6, 6.07) is 7.87. The van der Waals surface area contributed by atoms with Crippen LogP contribution in [0.1, 0.15) is 30.9 Å². The summed E-state index contributed by atoms with van der Waals surface area (Å²) < 4.78 is 0. The number of benzene rings is 1. The normalized spacial score (nSPS) is 11.7. The second kappa shape index (κ2) is 4.70. The zero-order chi connectivity index (χ0) is 9.68. The van der Waals surface area contributed by atoms with Crippen LogP contribution in [0.25, 0.3) is 5.76 Å². The van der Waals surface area contributed by atoms with E-state index in [1.54, 1.807) is 0 Å². The molecular formula is C12H16O. The SMILES string of the molecule is CCC/C=C(\O)c1ccccc1C. The quantitative estimate of drug-likeness (QED) is 0.696. The van der Waals surface area contributed by atoms with Crippen molar-refractivity contribution in [3.05, 3.63) is 41.5 Å². The minimum Gasteiger partial charge on any atom is -0.508 e. The highest BCUT2D eigenvalue weighted by Gasteiger charge is 2.00. The fourth-order valence-corrected chi connectivity index (χ4v) is 1.25. The predicted molar refractivity (Wildman–Crippen MR) is 56.7 cm³/mol. The Kier molecular flexibility index (Phi) is 3.56. The topological polar surface area (TPSA) is 20.2 Å². The van der Waals surface area contributed by atoms with Gasteiger partial charge in [0.15, 0.2) is 0 Å². The molecule has 0 aliphatic heterocycles. The van der Waals surface area contributed by atoms with Gasteiger partial charge in [-0.2, -0.15) is 0 Å². The molecule has 0 heterocycles. The Labute approximate surface area is 79.7 Å². The lowest BCUT2D eigenvalue weighted by Gasteiger charge is -2.03. The van der Waals surface area contributed by atoms with Crippen LogP contribution in [0.2, 0.25) is 0 Å². The lowest BCUT2D eigenvalue weighted by atomic mass is 10.1. The summed E-state index contributed by atoms with van der Waals surface area (Å²) in [7, 11) is 0. The van der Waals surface area contributed by atoms with Gasteiger partial charge in [-0.25, -0.2) is 0 Å². The maximum absolute atomic E-state index is 9.69. The van der Waals surface area contributed by atoms with Crippen molar-refractivity contribution >= 4 is 5.76 Å². The van der Waals surface area contributed by atoms with Crippen LogP contribution in [0.5, 0.6) is 0 Å². The molecule has 1 nitrogen and oxygen atoms in total. The first kappa shape index (κ1) is 9.85. The molecule has 1 rings (SSSR count). The van der Waals surface area contributed by atoms with Crippen LogP contribution in [0.3, 0.4) is 0 Å². The van der Waals surface area contributed by atoms with Crippen molar-refractivity contribution in [2.24, 2.45) is 0 Å². The molecule has 0 bridgehead atoms. The van der Waals surface area contributed by atoms with Gasteiger partial charge >= 0.3 is 0 Å². The van der Waals surface area contributed by atoms with Crippen LogP contribution in [0.15, 0.2) is 30.3 Å². The third-order valence-corrected chi connectivity index (χ3v) is 2.05. The number of aryl methyl sites for hydroxylation is 1. The highest BCUT2D eigenvalue weighted by Crippen LogP contribution is 2.16. The van der Waals surface area contributed by atoms with Crippen LogP contribution < -0.4 is 0 Å².